The number of halogens is 3. The summed E-state index contributed by atoms with van der Waals surface area (Å²) < 4.78 is 42.0. The molecule has 1 aromatic heterocycles. The Balaban J connectivity index is 2.31. The molecule has 2 aromatic rings. The lowest BCUT2D eigenvalue weighted by Gasteiger charge is -2.03. The highest BCUT2D eigenvalue weighted by Crippen LogP contribution is 2.36. The molecule has 0 atom stereocenters. The van der Waals surface area contributed by atoms with Gasteiger partial charge in [-0.15, -0.1) is 5.10 Å². The number of rotatable bonds is 4. The van der Waals surface area contributed by atoms with Crippen molar-refractivity contribution in [1.29, 1.82) is 0 Å². The Kier molecular flexibility index (Phi) is 4.02. The van der Waals surface area contributed by atoms with E-state index in [-0.39, 0.29) is 21.5 Å². The molecule has 1 aromatic carbocycles. The summed E-state index contributed by atoms with van der Waals surface area (Å²) >= 11 is 0.648. The van der Waals surface area contributed by atoms with Gasteiger partial charge >= 0.3 is 6.18 Å². The number of nitrogens with one attached hydrogen (secondary N) is 1. The number of ether oxygens (including phenoxy) is 1. The summed E-state index contributed by atoms with van der Waals surface area (Å²) in [6.45, 7) is 0. The maximum absolute atomic E-state index is 12.4. The molecule has 0 aliphatic heterocycles. The lowest BCUT2D eigenvalue weighted by molar-refractivity contribution is -0.387. The molecule has 11 heteroatoms. The lowest BCUT2D eigenvalue weighted by Crippen LogP contribution is -2.07. The van der Waals surface area contributed by atoms with Crippen LogP contribution < -0.4 is 4.74 Å². The van der Waals surface area contributed by atoms with Crippen LogP contribution in [0.25, 0.3) is 0 Å². The number of benzene rings is 1. The van der Waals surface area contributed by atoms with Crippen molar-refractivity contribution in [2.45, 2.75) is 16.2 Å². The van der Waals surface area contributed by atoms with Crippen LogP contribution in [0.5, 0.6) is 5.75 Å². The first-order chi connectivity index (χ1) is 9.81. The number of nitro benzene ring substituents is 1. The van der Waals surface area contributed by atoms with E-state index in [2.05, 4.69) is 10.1 Å². The highest BCUT2D eigenvalue weighted by atomic mass is 32.2. The van der Waals surface area contributed by atoms with E-state index >= 15 is 0 Å². The van der Waals surface area contributed by atoms with Crippen LogP contribution in [0.2, 0.25) is 0 Å². The largest absolute Gasteiger partial charge is 0.497 e. The first-order valence-electron chi connectivity index (χ1n) is 5.31. The predicted molar refractivity (Wildman–Crippen MR) is 65.2 cm³/mol. The molecule has 0 radical (unpaired) electrons. The van der Waals surface area contributed by atoms with Crippen molar-refractivity contribution < 1.29 is 22.8 Å². The summed E-state index contributed by atoms with van der Waals surface area (Å²) in [5.74, 6) is -1.00. The Morgan fingerprint density at radius 1 is 1.43 bits per heavy atom. The number of hydrogen-bond acceptors (Lipinski definition) is 6. The molecular weight excluding hydrogens is 313 g/mol. The van der Waals surface area contributed by atoms with E-state index in [1.54, 1.807) is 5.10 Å². The number of methoxy groups -OCH3 is 1. The van der Waals surface area contributed by atoms with Gasteiger partial charge in [0.2, 0.25) is 11.0 Å². The van der Waals surface area contributed by atoms with Crippen LogP contribution in [0.4, 0.5) is 18.9 Å². The van der Waals surface area contributed by atoms with Crippen LogP contribution in [0.15, 0.2) is 28.3 Å². The average Bonchev–Trinajstić information content (AvgIpc) is 2.87. The summed E-state index contributed by atoms with van der Waals surface area (Å²) in [7, 11) is 1.34. The zero-order valence-corrected chi connectivity index (χ0v) is 11.2. The third-order valence-corrected chi connectivity index (χ3v) is 3.23. The third kappa shape index (κ3) is 3.42. The van der Waals surface area contributed by atoms with Gasteiger partial charge in [0.1, 0.15) is 5.75 Å². The van der Waals surface area contributed by atoms with E-state index < -0.39 is 16.9 Å². The molecule has 7 nitrogen and oxygen atoms in total. The number of H-pyrrole nitrogens is 1. The van der Waals surface area contributed by atoms with E-state index in [1.807, 2.05) is 0 Å². The molecule has 0 spiro atoms. The molecule has 21 heavy (non-hydrogen) atoms. The third-order valence-electron chi connectivity index (χ3n) is 2.30. The van der Waals surface area contributed by atoms with E-state index in [0.29, 0.717) is 11.8 Å². The Morgan fingerprint density at radius 2 is 2.14 bits per heavy atom. The second kappa shape index (κ2) is 5.60. The number of aromatic nitrogens is 3. The maximum Gasteiger partial charge on any atom is 0.451 e. The van der Waals surface area contributed by atoms with Gasteiger partial charge in [0.25, 0.3) is 5.69 Å². The summed E-state index contributed by atoms with van der Waals surface area (Å²) in [6.07, 6.45) is -4.66. The summed E-state index contributed by atoms with van der Waals surface area (Å²) in [5, 5.41) is 15.8. The van der Waals surface area contributed by atoms with Crippen LogP contribution in [-0.4, -0.2) is 27.2 Å². The monoisotopic (exact) mass is 320 g/mol. The molecular formula is C10H7F3N4O3S. The van der Waals surface area contributed by atoms with E-state index in [1.165, 1.54) is 25.3 Å². The minimum Gasteiger partial charge on any atom is -0.497 e. The highest BCUT2D eigenvalue weighted by Gasteiger charge is 2.35. The Hall–Kier alpha value is -2.30. The van der Waals surface area contributed by atoms with Gasteiger partial charge in [0, 0.05) is 0 Å². The number of alkyl halides is 3. The maximum atomic E-state index is 12.4. The van der Waals surface area contributed by atoms with Crippen LogP contribution in [0.3, 0.4) is 0 Å². The molecule has 0 unspecified atom stereocenters. The molecule has 2 rings (SSSR count). The standard InChI is InChI=1S/C10H7F3N4O3S/c1-20-5-2-3-7(6(4-5)17(18)19)21-9-14-8(15-16-9)10(11,12)13/h2-4H,1H3,(H,14,15,16). The molecule has 0 aliphatic rings. The van der Waals surface area contributed by atoms with Gasteiger partial charge in [0.05, 0.1) is 23.0 Å². The van der Waals surface area contributed by atoms with Crippen LogP contribution in [0.1, 0.15) is 5.82 Å². The van der Waals surface area contributed by atoms with Crippen LogP contribution in [0, 0.1) is 10.1 Å². The van der Waals surface area contributed by atoms with Crippen molar-refractivity contribution in [3.05, 3.63) is 34.1 Å². The SMILES string of the molecule is COc1ccc(Sc2n[nH]c(C(F)(F)F)n2)c([N+](=O)[O-])c1. The van der Waals surface area contributed by atoms with Gasteiger partial charge in [0.15, 0.2) is 0 Å². The average molecular weight is 320 g/mol. The van der Waals surface area contributed by atoms with Crippen molar-refractivity contribution in [3.63, 3.8) is 0 Å². The fourth-order valence-corrected chi connectivity index (χ4v) is 2.17. The quantitative estimate of drug-likeness (QED) is 0.687. The van der Waals surface area contributed by atoms with Crippen molar-refractivity contribution in [1.82, 2.24) is 15.2 Å². The van der Waals surface area contributed by atoms with E-state index in [9.17, 15) is 23.3 Å². The Bertz CT molecular complexity index is 674. The zero-order chi connectivity index (χ0) is 15.6. The summed E-state index contributed by atoms with van der Waals surface area (Å²) in [4.78, 5) is 13.6. The van der Waals surface area contributed by atoms with Crippen molar-refractivity contribution in [2.24, 2.45) is 0 Å². The second-order valence-electron chi connectivity index (χ2n) is 3.66. The first-order valence-corrected chi connectivity index (χ1v) is 6.13. The first kappa shape index (κ1) is 15.1. The minimum absolute atomic E-state index is 0.105. The number of hydrogen-bond donors (Lipinski definition) is 1. The van der Waals surface area contributed by atoms with Gasteiger partial charge in [-0.3, -0.25) is 15.2 Å². The summed E-state index contributed by atoms with van der Waals surface area (Å²) in [6, 6.07) is 3.97. The normalized spacial score (nSPS) is 11.4. The molecule has 0 saturated carbocycles. The smallest absolute Gasteiger partial charge is 0.451 e. The zero-order valence-electron chi connectivity index (χ0n) is 10.3. The lowest BCUT2D eigenvalue weighted by atomic mass is 10.3. The predicted octanol–water partition coefficient (Wildman–Crippen LogP) is 2.89. The second-order valence-corrected chi connectivity index (χ2v) is 4.67. The van der Waals surface area contributed by atoms with E-state index in [4.69, 9.17) is 4.74 Å². The van der Waals surface area contributed by atoms with Crippen molar-refractivity contribution in [3.8, 4) is 5.75 Å². The van der Waals surface area contributed by atoms with Gasteiger partial charge in [-0.05, 0) is 23.9 Å². The fraction of sp³-hybridized carbons (Fsp3) is 0.200. The van der Waals surface area contributed by atoms with Crippen molar-refractivity contribution >= 4 is 17.4 Å². The van der Waals surface area contributed by atoms with Gasteiger partial charge in [-0.1, -0.05) is 0 Å². The molecule has 0 amide bonds. The number of nitro groups is 1. The highest BCUT2D eigenvalue weighted by molar-refractivity contribution is 7.99. The van der Waals surface area contributed by atoms with Gasteiger partial charge in [-0.25, -0.2) is 0 Å². The molecule has 0 fully saturated rings. The molecule has 112 valence electrons. The Morgan fingerprint density at radius 3 is 2.67 bits per heavy atom. The molecule has 0 bridgehead atoms. The van der Waals surface area contributed by atoms with Crippen LogP contribution in [-0.2, 0) is 6.18 Å². The van der Waals surface area contributed by atoms with Gasteiger partial charge in [-0.2, -0.15) is 18.2 Å². The molecule has 1 heterocycles. The molecule has 1 N–H and O–H groups in total. The molecule has 0 aliphatic carbocycles. The van der Waals surface area contributed by atoms with Crippen LogP contribution >= 0.6 is 11.8 Å². The Labute approximate surface area is 119 Å². The topological polar surface area (TPSA) is 93.9 Å². The summed E-state index contributed by atoms with van der Waals surface area (Å²) in [5.41, 5.74) is -0.308. The van der Waals surface area contributed by atoms with Crippen molar-refractivity contribution in [2.75, 3.05) is 7.11 Å². The minimum atomic E-state index is -4.66. The fourth-order valence-electron chi connectivity index (χ4n) is 1.37. The number of aromatic amines is 1. The van der Waals surface area contributed by atoms with Gasteiger partial charge < -0.3 is 4.74 Å². The number of nitrogens with zero attached hydrogens (tertiary/aromatic N) is 3. The van der Waals surface area contributed by atoms with E-state index in [0.717, 1.165) is 0 Å². The molecule has 0 saturated heterocycles.